The summed E-state index contributed by atoms with van der Waals surface area (Å²) in [7, 11) is 0. The number of ether oxygens (including phenoxy) is 1. The number of hydrogen-bond donors (Lipinski definition) is 1. The van der Waals surface area contributed by atoms with Crippen LogP contribution in [0.2, 0.25) is 5.02 Å². The minimum Gasteiger partial charge on any atom is -0.378 e. The van der Waals surface area contributed by atoms with E-state index >= 15 is 0 Å². The summed E-state index contributed by atoms with van der Waals surface area (Å²) < 4.78 is 7.14. The molecule has 0 spiro atoms. The number of pyridine rings is 1. The Kier molecular flexibility index (Phi) is 5.91. The zero-order valence-electron chi connectivity index (χ0n) is 16.7. The lowest BCUT2D eigenvalue weighted by atomic mass is 10.3. The molecule has 0 aromatic carbocycles. The Bertz CT molecular complexity index is 1050. The highest BCUT2D eigenvalue weighted by molar-refractivity contribution is 6.32. The molecule has 30 heavy (non-hydrogen) atoms. The van der Waals surface area contributed by atoms with Gasteiger partial charge < -0.3 is 15.0 Å². The van der Waals surface area contributed by atoms with E-state index in [4.69, 9.17) is 16.3 Å². The number of anilines is 2. The smallest absolute Gasteiger partial charge is 0.272 e. The summed E-state index contributed by atoms with van der Waals surface area (Å²) in [5.41, 5.74) is 1.53. The van der Waals surface area contributed by atoms with E-state index in [2.05, 4.69) is 25.4 Å². The lowest BCUT2D eigenvalue weighted by Crippen LogP contribution is -2.41. The van der Waals surface area contributed by atoms with Gasteiger partial charge in [0.2, 0.25) is 5.95 Å². The fraction of sp³-hybridized carbons (Fsp3) is 0.350. The SMILES string of the molecule is CC(C)n1ccc(-c2nc(Nc3cccc(C(=O)N4CCOCC4)n3)ncc2Cl)n1. The average Bonchev–Trinajstić information content (AvgIpc) is 3.26. The van der Waals surface area contributed by atoms with Crippen molar-refractivity contribution in [2.75, 3.05) is 31.6 Å². The van der Waals surface area contributed by atoms with Crippen molar-refractivity contribution < 1.29 is 9.53 Å². The van der Waals surface area contributed by atoms with Crippen molar-refractivity contribution in [1.82, 2.24) is 29.6 Å². The predicted octanol–water partition coefficient (Wildman–Crippen LogP) is 3.19. The summed E-state index contributed by atoms with van der Waals surface area (Å²) >= 11 is 6.30. The molecule has 4 rings (SSSR count). The molecule has 4 heterocycles. The molecule has 9 nitrogen and oxygen atoms in total. The number of nitrogens with one attached hydrogen (secondary N) is 1. The highest BCUT2D eigenvalue weighted by Crippen LogP contribution is 2.26. The molecule has 0 saturated carbocycles. The van der Waals surface area contributed by atoms with Crippen molar-refractivity contribution in [1.29, 1.82) is 0 Å². The topological polar surface area (TPSA) is 98.1 Å². The van der Waals surface area contributed by atoms with E-state index in [9.17, 15) is 4.79 Å². The second-order valence-electron chi connectivity index (χ2n) is 7.10. The van der Waals surface area contributed by atoms with Gasteiger partial charge in [-0.2, -0.15) is 5.10 Å². The maximum absolute atomic E-state index is 12.7. The number of rotatable bonds is 5. The molecular formula is C20H22ClN7O2. The van der Waals surface area contributed by atoms with E-state index in [1.165, 1.54) is 6.20 Å². The zero-order valence-corrected chi connectivity index (χ0v) is 17.5. The van der Waals surface area contributed by atoms with Crippen LogP contribution in [0.4, 0.5) is 11.8 Å². The first kappa shape index (κ1) is 20.2. The Morgan fingerprint density at radius 3 is 2.73 bits per heavy atom. The third-order valence-electron chi connectivity index (χ3n) is 4.63. The molecule has 1 aliphatic heterocycles. The van der Waals surface area contributed by atoms with Crippen LogP contribution < -0.4 is 5.32 Å². The molecule has 3 aromatic rings. The average molecular weight is 428 g/mol. The maximum atomic E-state index is 12.7. The third-order valence-corrected chi connectivity index (χ3v) is 4.91. The number of halogens is 1. The highest BCUT2D eigenvalue weighted by Gasteiger charge is 2.20. The van der Waals surface area contributed by atoms with Gasteiger partial charge in [0.1, 0.15) is 22.9 Å². The van der Waals surface area contributed by atoms with Crippen molar-refractivity contribution in [2.24, 2.45) is 0 Å². The number of hydrogen-bond acceptors (Lipinski definition) is 7. The first-order valence-electron chi connectivity index (χ1n) is 9.70. The minimum atomic E-state index is -0.126. The van der Waals surface area contributed by atoms with Crippen LogP contribution in [0.1, 0.15) is 30.4 Å². The van der Waals surface area contributed by atoms with Crippen molar-refractivity contribution in [3.8, 4) is 11.4 Å². The second-order valence-corrected chi connectivity index (χ2v) is 7.51. The Balaban J connectivity index is 1.55. The first-order chi connectivity index (χ1) is 14.5. The van der Waals surface area contributed by atoms with Crippen LogP contribution in [0.15, 0.2) is 36.7 Å². The van der Waals surface area contributed by atoms with Crippen LogP contribution in [0, 0.1) is 0 Å². The Morgan fingerprint density at radius 2 is 2.00 bits per heavy atom. The van der Waals surface area contributed by atoms with Crippen LogP contribution in [-0.2, 0) is 4.74 Å². The van der Waals surface area contributed by atoms with Crippen LogP contribution >= 0.6 is 11.6 Å². The summed E-state index contributed by atoms with van der Waals surface area (Å²) in [4.78, 5) is 27.5. The number of aromatic nitrogens is 5. The fourth-order valence-corrected chi connectivity index (χ4v) is 3.21. The summed E-state index contributed by atoms with van der Waals surface area (Å²) in [6.07, 6.45) is 3.40. The quantitative estimate of drug-likeness (QED) is 0.667. The molecule has 156 valence electrons. The van der Waals surface area contributed by atoms with Crippen LogP contribution in [0.3, 0.4) is 0 Å². The Labute approximate surface area is 179 Å². The summed E-state index contributed by atoms with van der Waals surface area (Å²) in [5.74, 6) is 0.658. The van der Waals surface area contributed by atoms with Gasteiger partial charge in [-0.25, -0.2) is 15.0 Å². The molecule has 0 radical (unpaired) electrons. The molecule has 1 saturated heterocycles. The Morgan fingerprint density at radius 1 is 1.20 bits per heavy atom. The van der Waals surface area contributed by atoms with Gasteiger partial charge in [-0.1, -0.05) is 17.7 Å². The molecule has 3 aromatic heterocycles. The van der Waals surface area contributed by atoms with Gasteiger partial charge in [0.05, 0.1) is 24.4 Å². The van der Waals surface area contributed by atoms with Gasteiger partial charge in [-0.05, 0) is 32.0 Å². The van der Waals surface area contributed by atoms with E-state index in [1.807, 2.05) is 30.8 Å². The normalized spacial score (nSPS) is 14.2. The van der Waals surface area contributed by atoms with Crippen LogP contribution in [-0.4, -0.2) is 61.8 Å². The molecule has 0 bridgehead atoms. The van der Waals surface area contributed by atoms with Gasteiger partial charge in [0, 0.05) is 25.3 Å². The van der Waals surface area contributed by atoms with Gasteiger partial charge in [-0.3, -0.25) is 9.48 Å². The van der Waals surface area contributed by atoms with E-state index in [0.29, 0.717) is 60.2 Å². The molecular weight excluding hydrogens is 406 g/mol. The van der Waals surface area contributed by atoms with Gasteiger partial charge >= 0.3 is 0 Å². The lowest BCUT2D eigenvalue weighted by Gasteiger charge is -2.26. The van der Waals surface area contributed by atoms with Gasteiger partial charge in [0.15, 0.2) is 0 Å². The molecule has 1 aliphatic rings. The minimum absolute atomic E-state index is 0.126. The van der Waals surface area contributed by atoms with Crippen molar-refractivity contribution in [3.05, 3.63) is 47.4 Å². The molecule has 1 N–H and O–H groups in total. The van der Waals surface area contributed by atoms with E-state index < -0.39 is 0 Å². The molecule has 0 atom stereocenters. The Hall–Kier alpha value is -3.04. The van der Waals surface area contributed by atoms with E-state index in [-0.39, 0.29) is 11.9 Å². The highest BCUT2D eigenvalue weighted by atomic mass is 35.5. The van der Waals surface area contributed by atoms with Gasteiger partial charge in [0.25, 0.3) is 5.91 Å². The number of nitrogens with zero attached hydrogens (tertiary/aromatic N) is 6. The fourth-order valence-electron chi connectivity index (χ4n) is 3.03. The van der Waals surface area contributed by atoms with Crippen molar-refractivity contribution >= 4 is 29.3 Å². The predicted molar refractivity (Wildman–Crippen MR) is 113 cm³/mol. The number of morpholine rings is 1. The lowest BCUT2D eigenvalue weighted by molar-refractivity contribution is 0.0299. The van der Waals surface area contributed by atoms with Crippen molar-refractivity contribution in [3.63, 3.8) is 0 Å². The van der Waals surface area contributed by atoms with Crippen LogP contribution in [0.25, 0.3) is 11.4 Å². The molecule has 0 aliphatic carbocycles. The molecule has 0 unspecified atom stereocenters. The maximum Gasteiger partial charge on any atom is 0.272 e. The second kappa shape index (κ2) is 8.76. The molecule has 1 fully saturated rings. The summed E-state index contributed by atoms with van der Waals surface area (Å²) in [5, 5.41) is 7.96. The molecule has 1 amide bonds. The summed E-state index contributed by atoms with van der Waals surface area (Å²) in [6, 6.07) is 7.30. The third kappa shape index (κ3) is 4.42. The number of carbonyl (C=O) groups is 1. The zero-order chi connectivity index (χ0) is 21.1. The van der Waals surface area contributed by atoms with Crippen LogP contribution in [0.5, 0.6) is 0 Å². The molecule has 10 heteroatoms. The first-order valence-corrected chi connectivity index (χ1v) is 10.1. The van der Waals surface area contributed by atoms with E-state index in [0.717, 1.165) is 0 Å². The summed E-state index contributed by atoms with van der Waals surface area (Å²) in [6.45, 7) is 6.29. The largest absolute Gasteiger partial charge is 0.378 e. The standard InChI is InChI=1S/C20H22ClN7O2/c1-13(2)28-7-6-15(26-28)18-14(21)12-22-20(25-18)24-17-5-3-4-16(23-17)19(29)27-8-10-30-11-9-27/h3-7,12-13H,8-11H2,1-2H3,(H,22,23,24,25). The van der Waals surface area contributed by atoms with E-state index in [1.54, 1.807) is 23.1 Å². The number of carbonyl (C=O) groups excluding carboxylic acids is 1. The number of amides is 1. The van der Waals surface area contributed by atoms with Crippen molar-refractivity contribution in [2.45, 2.75) is 19.9 Å². The monoisotopic (exact) mass is 427 g/mol. The van der Waals surface area contributed by atoms with Gasteiger partial charge in [-0.15, -0.1) is 0 Å².